The van der Waals surface area contributed by atoms with Gasteiger partial charge in [0.15, 0.2) is 0 Å². The molecule has 0 amide bonds. The Kier molecular flexibility index (Phi) is 3.89. The lowest BCUT2D eigenvalue weighted by atomic mass is 9.53. The number of hydrogen-bond acceptors (Lipinski definition) is 5. The molecule has 6 nitrogen and oxygen atoms in total. The lowest BCUT2D eigenvalue weighted by Gasteiger charge is -2.48. The molecule has 0 fully saturated rings. The Morgan fingerprint density at radius 3 is 2.93 bits per heavy atom. The number of aromatic nitrogens is 3. The molecule has 144 valence electrons. The van der Waals surface area contributed by atoms with Gasteiger partial charge in [-0.2, -0.15) is 5.10 Å². The molecule has 0 saturated carbocycles. The number of nitrogens with zero attached hydrogens (tertiary/aromatic N) is 2. The van der Waals surface area contributed by atoms with Crippen LogP contribution < -0.4 is 0 Å². The van der Waals surface area contributed by atoms with Crippen LogP contribution in [0, 0.1) is 5.92 Å². The second-order valence-corrected chi connectivity index (χ2v) is 7.85. The predicted molar refractivity (Wildman–Crippen MR) is 102 cm³/mol. The van der Waals surface area contributed by atoms with Gasteiger partial charge < -0.3 is 9.26 Å². The lowest BCUT2D eigenvalue weighted by Crippen LogP contribution is -2.47. The Balaban J connectivity index is 1.66. The highest BCUT2D eigenvalue weighted by molar-refractivity contribution is 5.89. The zero-order valence-corrected chi connectivity index (χ0v) is 16.1. The average Bonchev–Trinajstić information content (AvgIpc) is 3.37. The summed E-state index contributed by atoms with van der Waals surface area (Å²) in [6, 6.07) is 7.87. The number of hydrogen-bond donors (Lipinski definition) is 1. The second-order valence-electron chi connectivity index (χ2n) is 7.85. The predicted octanol–water partition coefficient (Wildman–Crippen LogP) is 3.78. The SMILES string of the molecule is CCOC(=O)c1ccc([C@]23Cc4cnoc4[C@@H](C)[C@@H]2CCc2c[nH]nc23)cc1. The molecule has 28 heavy (non-hydrogen) atoms. The number of esters is 1. The van der Waals surface area contributed by atoms with Crippen LogP contribution in [0.2, 0.25) is 0 Å². The van der Waals surface area contributed by atoms with Gasteiger partial charge in [0, 0.05) is 23.1 Å². The number of nitrogens with one attached hydrogen (secondary N) is 1. The van der Waals surface area contributed by atoms with Gasteiger partial charge in [0.05, 0.1) is 24.1 Å². The minimum absolute atomic E-state index is 0.251. The third kappa shape index (κ3) is 2.30. The van der Waals surface area contributed by atoms with Gasteiger partial charge in [-0.05, 0) is 55.4 Å². The maximum absolute atomic E-state index is 12.1. The molecule has 2 aliphatic rings. The van der Waals surface area contributed by atoms with E-state index in [4.69, 9.17) is 14.4 Å². The molecule has 3 aromatic rings. The molecule has 2 aromatic heterocycles. The van der Waals surface area contributed by atoms with E-state index < -0.39 is 0 Å². The van der Waals surface area contributed by atoms with Crippen LogP contribution in [0.3, 0.4) is 0 Å². The quantitative estimate of drug-likeness (QED) is 0.703. The fourth-order valence-corrected chi connectivity index (χ4v) is 5.35. The van der Waals surface area contributed by atoms with Crippen LogP contribution in [0.25, 0.3) is 0 Å². The highest BCUT2D eigenvalue weighted by Crippen LogP contribution is 2.56. The molecule has 0 aliphatic heterocycles. The van der Waals surface area contributed by atoms with Crippen LogP contribution in [0.4, 0.5) is 0 Å². The summed E-state index contributed by atoms with van der Waals surface area (Å²) in [5.74, 6) is 1.33. The van der Waals surface area contributed by atoms with Crippen LogP contribution >= 0.6 is 0 Å². The summed E-state index contributed by atoms with van der Waals surface area (Å²) in [6.07, 6.45) is 6.74. The maximum Gasteiger partial charge on any atom is 0.338 e. The third-order valence-electron chi connectivity index (χ3n) is 6.57. The van der Waals surface area contributed by atoms with Crippen LogP contribution in [0.1, 0.15) is 64.7 Å². The number of aromatic amines is 1. The zero-order valence-electron chi connectivity index (χ0n) is 16.1. The van der Waals surface area contributed by atoms with Gasteiger partial charge in [-0.25, -0.2) is 4.79 Å². The van der Waals surface area contributed by atoms with Gasteiger partial charge in [0.25, 0.3) is 0 Å². The lowest BCUT2D eigenvalue weighted by molar-refractivity contribution is 0.0526. The van der Waals surface area contributed by atoms with Gasteiger partial charge in [-0.3, -0.25) is 5.10 Å². The van der Waals surface area contributed by atoms with E-state index in [2.05, 4.69) is 29.3 Å². The van der Waals surface area contributed by atoms with Crippen molar-refractivity contribution in [1.82, 2.24) is 15.4 Å². The standard InChI is InChI=1S/C22H23N3O3/c1-3-27-21(26)14-4-7-17(8-5-14)22-10-16-12-24-28-19(16)13(2)18(22)9-6-15-11-23-25-20(15)22/h4-5,7-8,11-13,18H,3,6,9-10H2,1-2H3,(H,23,25)/t13-,18-,22+/m0/s1. The van der Waals surface area contributed by atoms with Crippen molar-refractivity contribution in [2.24, 2.45) is 5.92 Å². The number of carbonyl (C=O) groups excluding carboxylic acids is 1. The van der Waals surface area contributed by atoms with Crippen molar-refractivity contribution in [3.8, 4) is 0 Å². The van der Waals surface area contributed by atoms with Crippen molar-refractivity contribution in [2.75, 3.05) is 6.61 Å². The molecule has 3 atom stereocenters. The highest BCUT2D eigenvalue weighted by atomic mass is 16.5. The first kappa shape index (κ1) is 17.2. The number of carbonyl (C=O) groups is 1. The molecule has 0 saturated heterocycles. The van der Waals surface area contributed by atoms with E-state index >= 15 is 0 Å². The van der Waals surface area contributed by atoms with Crippen molar-refractivity contribution in [1.29, 1.82) is 0 Å². The van der Waals surface area contributed by atoms with Crippen LogP contribution in [-0.4, -0.2) is 27.9 Å². The van der Waals surface area contributed by atoms with Gasteiger partial charge in [-0.15, -0.1) is 0 Å². The van der Waals surface area contributed by atoms with Crippen molar-refractivity contribution in [3.63, 3.8) is 0 Å². The maximum atomic E-state index is 12.1. The molecule has 2 heterocycles. The number of H-pyrrole nitrogens is 1. The second kappa shape index (κ2) is 6.33. The van der Waals surface area contributed by atoms with E-state index in [1.807, 2.05) is 31.5 Å². The number of benzene rings is 1. The van der Waals surface area contributed by atoms with Crippen molar-refractivity contribution in [3.05, 3.63) is 70.4 Å². The third-order valence-corrected chi connectivity index (χ3v) is 6.57. The van der Waals surface area contributed by atoms with Gasteiger partial charge in [-0.1, -0.05) is 24.2 Å². The highest BCUT2D eigenvalue weighted by Gasteiger charge is 2.54. The number of ether oxygens (including phenoxy) is 1. The summed E-state index contributed by atoms with van der Waals surface area (Å²) in [5, 5.41) is 11.9. The summed E-state index contributed by atoms with van der Waals surface area (Å²) in [4.78, 5) is 12.1. The van der Waals surface area contributed by atoms with Crippen LogP contribution in [0.15, 0.2) is 41.2 Å². The van der Waals surface area contributed by atoms with E-state index in [9.17, 15) is 4.79 Å². The normalized spacial score (nSPS) is 25.5. The monoisotopic (exact) mass is 377 g/mol. The Bertz CT molecular complexity index is 1020. The Morgan fingerprint density at radius 2 is 2.14 bits per heavy atom. The fraction of sp³-hybridized carbons (Fsp3) is 0.409. The molecule has 0 radical (unpaired) electrons. The average molecular weight is 377 g/mol. The first-order valence-electron chi connectivity index (χ1n) is 9.89. The van der Waals surface area contributed by atoms with E-state index in [1.165, 1.54) is 11.1 Å². The topological polar surface area (TPSA) is 81.0 Å². The number of fused-ring (bicyclic) bond motifs is 4. The van der Waals surface area contributed by atoms with Gasteiger partial charge in [0.2, 0.25) is 0 Å². The van der Waals surface area contributed by atoms with Crippen molar-refractivity contribution >= 4 is 5.97 Å². The van der Waals surface area contributed by atoms with Crippen LogP contribution in [-0.2, 0) is 23.0 Å². The molecule has 5 rings (SSSR count). The smallest absolute Gasteiger partial charge is 0.338 e. The van der Waals surface area contributed by atoms with E-state index in [-0.39, 0.29) is 17.3 Å². The zero-order chi connectivity index (χ0) is 19.3. The van der Waals surface area contributed by atoms with Crippen LogP contribution in [0.5, 0.6) is 0 Å². The summed E-state index contributed by atoms with van der Waals surface area (Å²) in [5.41, 5.74) is 5.04. The van der Waals surface area contributed by atoms with E-state index in [0.717, 1.165) is 36.3 Å². The molecule has 0 unspecified atom stereocenters. The molecular weight excluding hydrogens is 354 g/mol. The Morgan fingerprint density at radius 1 is 1.32 bits per heavy atom. The van der Waals surface area contributed by atoms with Crippen molar-refractivity contribution in [2.45, 2.75) is 44.4 Å². The van der Waals surface area contributed by atoms with Gasteiger partial charge in [0.1, 0.15) is 5.76 Å². The molecule has 0 bridgehead atoms. The first-order chi connectivity index (χ1) is 13.6. The summed E-state index contributed by atoms with van der Waals surface area (Å²) < 4.78 is 10.7. The van der Waals surface area contributed by atoms with Crippen molar-refractivity contribution < 1.29 is 14.1 Å². The van der Waals surface area contributed by atoms with Gasteiger partial charge >= 0.3 is 5.97 Å². The molecule has 1 aromatic carbocycles. The molecular formula is C22H23N3O3. The number of rotatable bonds is 3. The minimum Gasteiger partial charge on any atom is -0.462 e. The van der Waals surface area contributed by atoms with E-state index in [0.29, 0.717) is 18.1 Å². The summed E-state index contributed by atoms with van der Waals surface area (Å²) in [6.45, 7) is 4.42. The molecule has 2 aliphatic carbocycles. The number of aryl methyl sites for hydroxylation is 1. The molecule has 1 N–H and O–H groups in total. The minimum atomic E-state index is -0.287. The molecule has 0 spiro atoms. The Hall–Kier alpha value is -2.89. The largest absolute Gasteiger partial charge is 0.462 e. The summed E-state index contributed by atoms with van der Waals surface area (Å²) in [7, 11) is 0. The molecule has 6 heteroatoms. The Labute approximate surface area is 163 Å². The fourth-order valence-electron chi connectivity index (χ4n) is 5.35. The first-order valence-corrected chi connectivity index (χ1v) is 9.89. The summed E-state index contributed by atoms with van der Waals surface area (Å²) >= 11 is 0. The van der Waals surface area contributed by atoms with E-state index in [1.54, 1.807) is 0 Å².